The van der Waals surface area contributed by atoms with Gasteiger partial charge in [-0.1, -0.05) is 19.1 Å². The van der Waals surface area contributed by atoms with Crippen LogP contribution >= 0.6 is 31.9 Å². The standard InChI is InChI=1S/C21H17Br2NO5/c1-3-6-18(25)28-19-15(23)9-12(11-17(19)27-2)10-16-21(26)29-20(24-16)13-7-4-5-8-14(13)22/h4-5,7-11H,3,6H2,1-2H3/b16-10-. The predicted octanol–water partition coefficient (Wildman–Crippen LogP) is 5.27. The van der Waals surface area contributed by atoms with Crippen LogP contribution in [-0.4, -0.2) is 24.9 Å². The number of aliphatic imine (C=N–C) groups is 1. The highest BCUT2D eigenvalue weighted by Crippen LogP contribution is 2.38. The summed E-state index contributed by atoms with van der Waals surface area (Å²) in [6, 6.07) is 10.7. The van der Waals surface area contributed by atoms with Crippen LogP contribution in [0, 0.1) is 0 Å². The van der Waals surface area contributed by atoms with Gasteiger partial charge in [-0.15, -0.1) is 0 Å². The summed E-state index contributed by atoms with van der Waals surface area (Å²) in [5, 5.41) is 0. The lowest BCUT2D eigenvalue weighted by Crippen LogP contribution is -2.08. The van der Waals surface area contributed by atoms with E-state index in [2.05, 4.69) is 36.9 Å². The Morgan fingerprint density at radius 2 is 1.97 bits per heavy atom. The van der Waals surface area contributed by atoms with Crippen LogP contribution in [0.2, 0.25) is 0 Å². The van der Waals surface area contributed by atoms with E-state index in [9.17, 15) is 9.59 Å². The molecule has 0 bridgehead atoms. The summed E-state index contributed by atoms with van der Waals surface area (Å²) in [6.07, 6.45) is 2.57. The number of hydrogen-bond donors (Lipinski definition) is 0. The van der Waals surface area contributed by atoms with Gasteiger partial charge in [0.05, 0.1) is 17.1 Å². The van der Waals surface area contributed by atoms with Gasteiger partial charge in [0.15, 0.2) is 17.2 Å². The molecular formula is C21H17Br2NO5. The molecule has 2 aromatic rings. The van der Waals surface area contributed by atoms with Gasteiger partial charge in [0.25, 0.3) is 0 Å². The lowest BCUT2D eigenvalue weighted by molar-refractivity contribution is -0.134. The van der Waals surface area contributed by atoms with Crippen LogP contribution in [0.1, 0.15) is 30.9 Å². The Hall–Kier alpha value is -2.45. The van der Waals surface area contributed by atoms with Crippen molar-refractivity contribution in [3.8, 4) is 11.5 Å². The van der Waals surface area contributed by atoms with Crippen molar-refractivity contribution in [3.05, 3.63) is 62.2 Å². The lowest BCUT2D eigenvalue weighted by atomic mass is 10.1. The maximum Gasteiger partial charge on any atom is 0.363 e. The van der Waals surface area contributed by atoms with Gasteiger partial charge in [-0.3, -0.25) is 4.79 Å². The number of halogens is 2. The van der Waals surface area contributed by atoms with Gasteiger partial charge >= 0.3 is 11.9 Å². The van der Waals surface area contributed by atoms with E-state index >= 15 is 0 Å². The smallest absolute Gasteiger partial charge is 0.363 e. The molecule has 0 fully saturated rings. The van der Waals surface area contributed by atoms with Crippen molar-refractivity contribution in [2.75, 3.05) is 7.11 Å². The summed E-state index contributed by atoms with van der Waals surface area (Å²) in [5.41, 5.74) is 1.47. The van der Waals surface area contributed by atoms with Crippen molar-refractivity contribution in [1.29, 1.82) is 0 Å². The molecule has 0 aromatic heterocycles. The molecule has 0 radical (unpaired) electrons. The highest BCUT2D eigenvalue weighted by Gasteiger charge is 2.25. The first-order valence-corrected chi connectivity index (χ1v) is 10.4. The average Bonchev–Trinajstić information content (AvgIpc) is 3.04. The second-order valence-corrected chi connectivity index (χ2v) is 7.78. The molecule has 0 unspecified atom stereocenters. The minimum atomic E-state index is -0.552. The Kier molecular flexibility index (Phi) is 6.87. The third kappa shape index (κ3) is 4.94. The molecule has 2 aromatic carbocycles. The number of nitrogens with zero attached hydrogens (tertiary/aromatic N) is 1. The maximum atomic E-state index is 12.3. The molecule has 6 nitrogen and oxygen atoms in total. The van der Waals surface area contributed by atoms with Crippen LogP contribution in [0.25, 0.3) is 6.08 Å². The number of carbonyl (C=O) groups excluding carboxylic acids is 2. The fourth-order valence-electron chi connectivity index (χ4n) is 2.61. The third-order valence-electron chi connectivity index (χ3n) is 3.95. The molecule has 0 saturated carbocycles. The number of carbonyl (C=O) groups is 2. The Balaban J connectivity index is 1.94. The zero-order valence-corrected chi connectivity index (χ0v) is 18.9. The summed E-state index contributed by atoms with van der Waals surface area (Å²) < 4.78 is 17.3. The highest BCUT2D eigenvalue weighted by atomic mass is 79.9. The number of benzene rings is 2. The third-order valence-corrected chi connectivity index (χ3v) is 5.23. The monoisotopic (exact) mass is 521 g/mol. The van der Waals surface area contributed by atoms with Crippen molar-refractivity contribution in [3.63, 3.8) is 0 Å². The van der Waals surface area contributed by atoms with Crippen LogP contribution in [0.3, 0.4) is 0 Å². The lowest BCUT2D eigenvalue weighted by Gasteiger charge is -2.12. The van der Waals surface area contributed by atoms with Crippen molar-refractivity contribution < 1.29 is 23.8 Å². The van der Waals surface area contributed by atoms with Gasteiger partial charge in [0.2, 0.25) is 5.90 Å². The summed E-state index contributed by atoms with van der Waals surface area (Å²) in [7, 11) is 1.48. The molecule has 3 rings (SSSR count). The molecule has 0 atom stereocenters. The molecule has 0 aliphatic carbocycles. The molecule has 1 aliphatic rings. The Morgan fingerprint density at radius 1 is 1.21 bits per heavy atom. The van der Waals surface area contributed by atoms with Gasteiger partial charge < -0.3 is 14.2 Å². The molecule has 0 spiro atoms. The molecule has 1 aliphatic heterocycles. The normalized spacial score (nSPS) is 14.6. The van der Waals surface area contributed by atoms with E-state index < -0.39 is 5.97 Å². The Bertz CT molecular complexity index is 1030. The number of cyclic esters (lactones) is 1. The van der Waals surface area contributed by atoms with Gasteiger partial charge in [0.1, 0.15) is 0 Å². The predicted molar refractivity (Wildman–Crippen MR) is 116 cm³/mol. The van der Waals surface area contributed by atoms with Gasteiger partial charge in [-0.25, -0.2) is 9.79 Å². The topological polar surface area (TPSA) is 74.2 Å². The molecule has 0 saturated heterocycles. The summed E-state index contributed by atoms with van der Waals surface area (Å²) in [5.74, 6) is -0.0228. The molecule has 0 N–H and O–H groups in total. The van der Waals surface area contributed by atoms with Crippen LogP contribution in [0.15, 0.2) is 56.0 Å². The molecule has 8 heteroatoms. The molecule has 0 amide bonds. The van der Waals surface area contributed by atoms with Gasteiger partial charge in [-0.05, 0) is 74.2 Å². The second-order valence-electron chi connectivity index (χ2n) is 6.07. The number of hydrogen-bond acceptors (Lipinski definition) is 6. The Labute approximate surface area is 184 Å². The van der Waals surface area contributed by atoms with E-state index in [1.165, 1.54) is 7.11 Å². The average molecular weight is 523 g/mol. The van der Waals surface area contributed by atoms with Crippen molar-refractivity contribution in [2.45, 2.75) is 19.8 Å². The maximum absolute atomic E-state index is 12.3. The molecule has 1 heterocycles. The Morgan fingerprint density at radius 3 is 2.66 bits per heavy atom. The van der Waals surface area contributed by atoms with Gasteiger partial charge in [0, 0.05) is 10.9 Å². The number of methoxy groups -OCH3 is 1. The minimum Gasteiger partial charge on any atom is -0.493 e. The first-order chi connectivity index (χ1) is 13.9. The summed E-state index contributed by atoms with van der Waals surface area (Å²) in [6.45, 7) is 1.90. The van der Waals surface area contributed by atoms with Crippen LogP contribution in [0.4, 0.5) is 0 Å². The number of ether oxygens (including phenoxy) is 3. The van der Waals surface area contributed by atoms with E-state index in [1.807, 2.05) is 25.1 Å². The van der Waals surface area contributed by atoms with Crippen molar-refractivity contribution in [2.24, 2.45) is 4.99 Å². The summed E-state index contributed by atoms with van der Waals surface area (Å²) in [4.78, 5) is 28.4. The molecular weight excluding hydrogens is 506 g/mol. The minimum absolute atomic E-state index is 0.153. The summed E-state index contributed by atoms with van der Waals surface area (Å²) >= 11 is 6.82. The SMILES string of the molecule is CCCC(=O)Oc1c(Br)cc(/C=C2\N=C(c3ccccc3Br)OC2=O)cc1OC. The second kappa shape index (κ2) is 9.37. The van der Waals surface area contributed by atoms with Crippen LogP contribution < -0.4 is 9.47 Å². The number of esters is 2. The number of rotatable bonds is 6. The van der Waals surface area contributed by atoms with Crippen molar-refractivity contribution in [1.82, 2.24) is 0 Å². The fourth-order valence-corrected chi connectivity index (χ4v) is 3.60. The van der Waals surface area contributed by atoms with E-state index in [0.29, 0.717) is 39.9 Å². The van der Waals surface area contributed by atoms with E-state index in [-0.39, 0.29) is 17.6 Å². The fraction of sp³-hybridized carbons (Fsp3) is 0.190. The molecule has 29 heavy (non-hydrogen) atoms. The zero-order chi connectivity index (χ0) is 21.0. The first-order valence-electron chi connectivity index (χ1n) is 8.78. The van der Waals surface area contributed by atoms with Crippen LogP contribution in [0.5, 0.6) is 11.5 Å². The van der Waals surface area contributed by atoms with E-state index in [4.69, 9.17) is 14.2 Å². The highest BCUT2D eigenvalue weighted by molar-refractivity contribution is 9.10. The van der Waals surface area contributed by atoms with Gasteiger partial charge in [-0.2, -0.15) is 0 Å². The zero-order valence-electron chi connectivity index (χ0n) is 15.7. The van der Waals surface area contributed by atoms with E-state index in [1.54, 1.807) is 24.3 Å². The van der Waals surface area contributed by atoms with Crippen molar-refractivity contribution >= 4 is 55.8 Å². The van der Waals surface area contributed by atoms with E-state index in [0.717, 1.165) is 4.47 Å². The first kappa shape index (κ1) is 21.3. The quantitative estimate of drug-likeness (QED) is 0.293. The largest absolute Gasteiger partial charge is 0.493 e. The molecule has 150 valence electrons. The van der Waals surface area contributed by atoms with Crippen LogP contribution in [-0.2, 0) is 14.3 Å².